The summed E-state index contributed by atoms with van der Waals surface area (Å²) in [5, 5.41) is 0. The van der Waals surface area contributed by atoms with E-state index in [9.17, 15) is 4.79 Å². The summed E-state index contributed by atoms with van der Waals surface area (Å²) in [4.78, 5) is 14.9. The summed E-state index contributed by atoms with van der Waals surface area (Å²) in [7, 11) is 3.26. The first-order valence-electron chi connectivity index (χ1n) is 9.45. The molecule has 0 atom stereocenters. The molecule has 0 N–H and O–H groups in total. The number of aromatic nitrogens is 1. The number of carbonyl (C=O) groups excluding carboxylic acids is 1. The number of hydrogen-bond donors (Lipinski definition) is 0. The molecule has 0 radical (unpaired) electrons. The van der Waals surface area contributed by atoms with Crippen molar-refractivity contribution in [2.45, 2.75) is 13.1 Å². The smallest absolute Gasteiger partial charge is 0.254 e. The highest BCUT2D eigenvalue weighted by Crippen LogP contribution is 2.18. The van der Waals surface area contributed by atoms with Crippen molar-refractivity contribution in [3.63, 3.8) is 0 Å². The van der Waals surface area contributed by atoms with Crippen LogP contribution in [0.1, 0.15) is 21.6 Å². The van der Waals surface area contributed by atoms with Gasteiger partial charge in [-0.25, -0.2) is 0 Å². The van der Waals surface area contributed by atoms with E-state index in [1.807, 2.05) is 48.7 Å². The fourth-order valence-corrected chi connectivity index (χ4v) is 3.22. The normalized spacial score (nSPS) is 10.4. The van der Waals surface area contributed by atoms with Crippen LogP contribution in [0, 0.1) is 0 Å². The molecular formula is C24H26N2O3. The van der Waals surface area contributed by atoms with Crippen molar-refractivity contribution in [1.29, 1.82) is 0 Å². The SMILES string of the molecule is C=CCN(Cc1cccn1Cc1cccc(OC)c1)C(=O)c1cccc(OC)c1. The minimum absolute atomic E-state index is 0.0575. The second-order valence-corrected chi connectivity index (χ2v) is 6.69. The lowest BCUT2D eigenvalue weighted by atomic mass is 10.1. The Labute approximate surface area is 171 Å². The van der Waals surface area contributed by atoms with Gasteiger partial charge in [-0.2, -0.15) is 0 Å². The highest BCUT2D eigenvalue weighted by atomic mass is 16.5. The summed E-state index contributed by atoms with van der Waals surface area (Å²) in [5.74, 6) is 1.44. The summed E-state index contributed by atoms with van der Waals surface area (Å²) >= 11 is 0. The third-order valence-corrected chi connectivity index (χ3v) is 4.72. The lowest BCUT2D eigenvalue weighted by Gasteiger charge is -2.22. The molecule has 5 heteroatoms. The third kappa shape index (κ3) is 5.08. The Morgan fingerprint density at radius 1 is 1.03 bits per heavy atom. The lowest BCUT2D eigenvalue weighted by molar-refractivity contribution is 0.0759. The van der Waals surface area contributed by atoms with Gasteiger partial charge in [-0.05, 0) is 48.0 Å². The molecule has 2 aromatic carbocycles. The molecule has 0 aliphatic heterocycles. The fourth-order valence-electron chi connectivity index (χ4n) is 3.22. The Kier molecular flexibility index (Phi) is 6.74. The van der Waals surface area contributed by atoms with Crippen LogP contribution in [0.3, 0.4) is 0 Å². The molecule has 0 aliphatic rings. The molecule has 0 aliphatic carbocycles. The van der Waals surface area contributed by atoms with Gasteiger partial charge in [0, 0.05) is 30.5 Å². The van der Waals surface area contributed by atoms with Gasteiger partial charge in [-0.3, -0.25) is 4.79 Å². The van der Waals surface area contributed by atoms with E-state index in [1.54, 1.807) is 37.3 Å². The van der Waals surface area contributed by atoms with Gasteiger partial charge in [0.25, 0.3) is 5.91 Å². The van der Waals surface area contributed by atoms with Crippen LogP contribution in [0.15, 0.2) is 79.5 Å². The monoisotopic (exact) mass is 390 g/mol. The van der Waals surface area contributed by atoms with Crippen LogP contribution in [-0.2, 0) is 13.1 Å². The van der Waals surface area contributed by atoms with Gasteiger partial charge in [0.15, 0.2) is 0 Å². The van der Waals surface area contributed by atoms with Crippen molar-refractivity contribution in [2.24, 2.45) is 0 Å². The Bertz CT molecular complexity index is 978. The van der Waals surface area contributed by atoms with Crippen molar-refractivity contribution >= 4 is 5.91 Å². The van der Waals surface area contributed by atoms with E-state index < -0.39 is 0 Å². The molecule has 3 aromatic rings. The highest BCUT2D eigenvalue weighted by molar-refractivity contribution is 5.94. The predicted octanol–water partition coefficient (Wildman–Crippen LogP) is 4.38. The van der Waals surface area contributed by atoms with Gasteiger partial charge >= 0.3 is 0 Å². The van der Waals surface area contributed by atoms with Gasteiger partial charge < -0.3 is 18.9 Å². The van der Waals surface area contributed by atoms with Crippen LogP contribution < -0.4 is 9.47 Å². The molecule has 150 valence electrons. The summed E-state index contributed by atoms with van der Waals surface area (Å²) in [6, 6.07) is 19.2. The number of methoxy groups -OCH3 is 2. The average molecular weight is 390 g/mol. The predicted molar refractivity (Wildman–Crippen MR) is 114 cm³/mol. The highest BCUT2D eigenvalue weighted by Gasteiger charge is 2.17. The Morgan fingerprint density at radius 3 is 2.48 bits per heavy atom. The molecule has 0 spiro atoms. The van der Waals surface area contributed by atoms with Crippen LogP contribution in [-0.4, -0.2) is 36.1 Å². The fraction of sp³-hybridized carbons (Fsp3) is 0.208. The Hall–Kier alpha value is -3.47. The number of rotatable bonds is 9. The number of nitrogens with zero attached hydrogens (tertiary/aromatic N) is 2. The largest absolute Gasteiger partial charge is 0.497 e. The molecule has 0 saturated heterocycles. The maximum atomic E-state index is 13.1. The van der Waals surface area contributed by atoms with Crippen molar-refractivity contribution < 1.29 is 14.3 Å². The van der Waals surface area contributed by atoms with Crippen LogP contribution in [0.4, 0.5) is 0 Å². The zero-order valence-electron chi connectivity index (χ0n) is 16.9. The first-order chi connectivity index (χ1) is 14.1. The molecule has 5 nitrogen and oxygen atoms in total. The number of ether oxygens (including phenoxy) is 2. The standard InChI is InChI=1S/C24H26N2O3/c1-4-13-26(24(27)20-9-6-12-23(16-20)29-3)18-21-10-7-14-25(21)17-19-8-5-11-22(15-19)28-2/h4-12,14-16H,1,13,17-18H2,2-3H3. The topological polar surface area (TPSA) is 43.7 Å². The van der Waals surface area contributed by atoms with E-state index in [0.717, 1.165) is 17.0 Å². The first kappa shape index (κ1) is 20.3. The second-order valence-electron chi connectivity index (χ2n) is 6.69. The van der Waals surface area contributed by atoms with E-state index in [4.69, 9.17) is 9.47 Å². The summed E-state index contributed by atoms with van der Waals surface area (Å²) in [6.45, 7) is 5.46. The average Bonchev–Trinajstić information content (AvgIpc) is 3.19. The first-order valence-corrected chi connectivity index (χ1v) is 9.45. The van der Waals surface area contributed by atoms with Crippen molar-refractivity contribution in [2.75, 3.05) is 20.8 Å². The maximum absolute atomic E-state index is 13.1. The number of hydrogen-bond acceptors (Lipinski definition) is 3. The quantitative estimate of drug-likeness (QED) is 0.509. The molecule has 0 saturated carbocycles. The van der Waals surface area contributed by atoms with Crippen LogP contribution in [0.2, 0.25) is 0 Å². The molecular weight excluding hydrogens is 364 g/mol. The summed E-state index contributed by atoms with van der Waals surface area (Å²) in [6.07, 6.45) is 3.77. The van der Waals surface area contributed by atoms with Gasteiger partial charge in [-0.1, -0.05) is 24.3 Å². The van der Waals surface area contributed by atoms with E-state index >= 15 is 0 Å². The zero-order valence-corrected chi connectivity index (χ0v) is 16.9. The van der Waals surface area contributed by atoms with Gasteiger partial charge in [0.1, 0.15) is 11.5 Å². The molecule has 0 bridgehead atoms. The molecule has 0 fully saturated rings. The number of amides is 1. The van der Waals surface area contributed by atoms with Gasteiger partial charge in [0.2, 0.25) is 0 Å². The summed E-state index contributed by atoms with van der Waals surface area (Å²) in [5.41, 5.74) is 2.78. The molecule has 1 amide bonds. The van der Waals surface area contributed by atoms with Crippen LogP contribution in [0.5, 0.6) is 11.5 Å². The number of carbonyl (C=O) groups is 1. The van der Waals surface area contributed by atoms with Crippen molar-refractivity contribution in [3.05, 3.63) is 96.3 Å². The van der Waals surface area contributed by atoms with E-state index in [-0.39, 0.29) is 5.91 Å². The molecule has 1 aromatic heterocycles. The Balaban J connectivity index is 1.80. The molecule has 1 heterocycles. The van der Waals surface area contributed by atoms with Crippen molar-refractivity contribution in [1.82, 2.24) is 9.47 Å². The minimum Gasteiger partial charge on any atom is -0.497 e. The lowest BCUT2D eigenvalue weighted by Crippen LogP contribution is -2.31. The summed E-state index contributed by atoms with van der Waals surface area (Å²) < 4.78 is 12.7. The van der Waals surface area contributed by atoms with Crippen LogP contribution in [0.25, 0.3) is 0 Å². The van der Waals surface area contributed by atoms with Crippen LogP contribution >= 0.6 is 0 Å². The van der Waals surface area contributed by atoms with E-state index in [1.165, 1.54) is 0 Å². The second kappa shape index (κ2) is 9.64. The molecule has 3 rings (SSSR count). The third-order valence-electron chi connectivity index (χ3n) is 4.72. The molecule has 29 heavy (non-hydrogen) atoms. The maximum Gasteiger partial charge on any atom is 0.254 e. The zero-order chi connectivity index (χ0) is 20.6. The van der Waals surface area contributed by atoms with E-state index in [2.05, 4.69) is 17.2 Å². The number of benzene rings is 2. The Morgan fingerprint density at radius 2 is 1.76 bits per heavy atom. The van der Waals surface area contributed by atoms with E-state index in [0.29, 0.717) is 30.9 Å². The van der Waals surface area contributed by atoms with Crippen molar-refractivity contribution in [3.8, 4) is 11.5 Å². The minimum atomic E-state index is -0.0575. The molecule has 0 unspecified atom stereocenters. The van der Waals surface area contributed by atoms with Gasteiger partial charge in [0.05, 0.1) is 20.8 Å². The van der Waals surface area contributed by atoms with Gasteiger partial charge in [-0.15, -0.1) is 6.58 Å².